The predicted octanol–water partition coefficient (Wildman–Crippen LogP) is 3.13. The first-order valence-electron chi connectivity index (χ1n) is 6.36. The van der Waals surface area contributed by atoms with E-state index in [1.54, 1.807) is 6.07 Å². The third-order valence-corrected chi connectivity index (χ3v) is 4.01. The number of rotatable bonds is 3. The Morgan fingerprint density at radius 1 is 1.28 bits per heavy atom. The lowest BCUT2D eigenvalue weighted by Crippen LogP contribution is -2.37. The van der Waals surface area contributed by atoms with Crippen LogP contribution in [0.5, 0.6) is 0 Å². The molecular weight excluding hydrogens is 271 g/mol. The number of nitrogens with zero attached hydrogens (tertiary/aromatic N) is 2. The van der Waals surface area contributed by atoms with Crippen molar-refractivity contribution >= 4 is 23.2 Å². The quantitative estimate of drug-likeness (QED) is 0.869. The smallest absolute Gasteiger partial charge is 0.135 e. The Morgan fingerprint density at radius 2 is 2.11 bits per heavy atom. The second-order valence-corrected chi connectivity index (χ2v) is 5.49. The Morgan fingerprint density at radius 3 is 2.83 bits per heavy atom. The highest BCUT2D eigenvalue weighted by Crippen LogP contribution is 2.23. The van der Waals surface area contributed by atoms with Gasteiger partial charge in [-0.2, -0.15) is 0 Å². The van der Waals surface area contributed by atoms with Crippen molar-refractivity contribution in [1.82, 2.24) is 9.88 Å². The summed E-state index contributed by atoms with van der Waals surface area (Å²) < 4.78 is 0. The molecule has 1 saturated heterocycles. The summed E-state index contributed by atoms with van der Waals surface area (Å²) >= 11 is 11.9. The standard InChI is InChI=1S/C13H18Cl2N2O/c14-12-6-5-10(13(15)16-12)8-17-7-3-1-2-4-11(17)9-18/h5-6,11,18H,1-4,7-9H2. The summed E-state index contributed by atoms with van der Waals surface area (Å²) in [6, 6.07) is 3.91. The second-order valence-electron chi connectivity index (χ2n) is 4.74. The first-order valence-corrected chi connectivity index (χ1v) is 7.12. The molecule has 0 bridgehead atoms. The summed E-state index contributed by atoms with van der Waals surface area (Å²) in [5.41, 5.74) is 0.974. The first-order chi connectivity index (χ1) is 8.70. The van der Waals surface area contributed by atoms with Crippen LogP contribution in [0.1, 0.15) is 31.2 Å². The number of hydrogen-bond acceptors (Lipinski definition) is 3. The molecule has 2 rings (SSSR count). The number of aliphatic hydroxyl groups is 1. The zero-order valence-electron chi connectivity index (χ0n) is 10.3. The van der Waals surface area contributed by atoms with Crippen LogP contribution in [0.2, 0.25) is 10.3 Å². The molecule has 1 fully saturated rings. The minimum absolute atomic E-state index is 0.207. The maximum atomic E-state index is 9.47. The Hall–Kier alpha value is -0.350. The number of pyridine rings is 1. The molecule has 2 heterocycles. The molecule has 1 aliphatic rings. The number of aromatic nitrogens is 1. The summed E-state index contributed by atoms with van der Waals surface area (Å²) in [4.78, 5) is 6.35. The first kappa shape index (κ1) is 14.1. The Kier molecular flexibility index (Phi) is 5.25. The molecule has 0 radical (unpaired) electrons. The molecule has 100 valence electrons. The van der Waals surface area contributed by atoms with Gasteiger partial charge in [-0.1, -0.05) is 42.1 Å². The van der Waals surface area contributed by atoms with Gasteiger partial charge >= 0.3 is 0 Å². The molecule has 0 saturated carbocycles. The molecule has 1 unspecified atom stereocenters. The number of aliphatic hydroxyl groups excluding tert-OH is 1. The second kappa shape index (κ2) is 6.71. The van der Waals surface area contributed by atoms with Crippen LogP contribution in [-0.4, -0.2) is 34.2 Å². The van der Waals surface area contributed by atoms with Crippen LogP contribution >= 0.6 is 23.2 Å². The van der Waals surface area contributed by atoms with E-state index in [0.29, 0.717) is 10.3 Å². The van der Waals surface area contributed by atoms with Crippen molar-refractivity contribution in [2.75, 3.05) is 13.2 Å². The predicted molar refractivity (Wildman–Crippen MR) is 74.0 cm³/mol. The lowest BCUT2D eigenvalue weighted by molar-refractivity contribution is 0.118. The molecular formula is C13H18Cl2N2O. The molecule has 1 aliphatic heterocycles. The van der Waals surface area contributed by atoms with Crippen molar-refractivity contribution < 1.29 is 5.11 Å². The maximum Gasteiger partial charge on any atom is 0.135 e. The van der Waals surface area contributed by atoms with E-state index in [1.807, 2.05) is 6.07 Å². The van der Waals surface area contributed by atoms with Crippen molar-refractivity contribution in [2.45, 2.75) is 38.3 Å². The van der Waals surface area contributed by atoms with Crippen LogP contribution in [0.15, 0.2) is 12.1 Å². The number of halogens is 2. The fourth-order valence-corrected chi connectivity index (χ4v) is 2.83. The molecule has 5 heteroatoms. The molecule has 1 aromatic heterocycles. The van der Waals surface area contributed by atoms with Gasteiger partial charge in [-0.3, -0.25) is 4.90 Å². The van der Waals surface area contributed by atoms with Gasteiger partial charge in [0.15, 0.2) is 0 Å². The van der Waals surface area contributed by atoms with Gasteiger partial charge in [0.05, 0.1) is 6.61 Å². The summed E-state index contributed by atoms with van der Waals surface area (Å²) in [5, 5.41) is 10.3. The number of hydrogen-bond donors (Lipinski definition) is 1. The molecule has 0 amide bonds. The molecule has 0 aromatic carbocycles. The van der Waals surface area contributed by atoms with Crippen LogP contribution in [0, 0.1) is 0 Å². The molecule has 0 aliphatic carbocycles. The minimum Gasteiger partial charge on any atom is -0.395 e. The third kappa shape index (κ3) is 3.58. The van der Waals surface area contributed by atoms with E-state index in [-0.39, 0.29) is 12.6 Å². The Labute approximate surface area is 118 Å². The average Bonchev–Trinajstić information content (AvgIpc) is 2.57. The van der Waals surface area contributed by atoms with E-state index in [2.05, 4.69) is 9.88 Å². The van der Waals surface area contributed by atoms with Crippen LogP contribution in [0.4, 0.5) is 0 Å². The van der Waals surface area contributed by atoms with E-state index in [9.17, 15) is 5.11 Å². The summed E-state index contributed by atoms with van der Waals surface area (Å²) in [6.45, 7) is 1.94. The Bertz CT molecular complexity index is 401. The minimum atomic E-state index is 0.207. The topological polar surface area (TPSA) is 36.4 Å². The van der Waals surface area contributed by atoms with Crippen molar-refractivity contribution in [3.8, 4) is 0 Å². The highest BCUT2D eigenvalue weighted by atomic mass is 35.5. The lowest BCUT2D eigenvalue weighted by Gasteiger charge is -2.28. The molecule has 1 aromatic rings. The van der Waals surface area contributed by atoms with Gasteiger partial charge in [-0.25, -0.2) is 4.98 Å². The molecule has 3 nitrogen and oxygen atoms in total. The van der Waals surface area contributed by atoms with Crippen LogP contribution < -0.4 is 0 Å². The maximum absolute atomic E-state index is 9.47. The van der Waals surface area contributed by atoms with E-state index < -0.39 is 0 Å². The average molecular weight is 289 g/mol. The van der Waals surface area contributed by atoms with Gasteiger partial charge in [-0.05, 0) is 25.5 Å². The zero-order chi connectivity index (χ0) is 13.0. The van der Waals surface area contributed by atoms with Gasteiger partial charge in [0.25, 0.3) is 0 Å². The monoisotopic (exact) mass is 288 g/mol. The lowest BCUT2D eigenvalue weighted by atomic mass is 10.1. The van der Waals surface area contributed by atoms with Gasteiger partial charge < -0.3 is 5.11 Å². The van der Waals surface area contributed by atoms with Crippen molar-refractivity contribution in [1.29, 1.82) is 0 Å². The summed E-state index contributed by atoms with van der Waals surface area (Å²) in [7, 11) is 0. The highest BCUT2D eigenvalue weighted by molar-refractivity contribution is 6.32. The highest BCUT2D eigenvalue weighted by Gasteiger charge is 2.21. The zero-order valence-corrected chi connectivity index (χ0v) is 11.8. The van der Waals surface area contributed by atoms with E-state index >= 15 is 0 Å². The number of likely N-dealkylation sites (tertiary alicyclic amines) is 1. The fraction of sp³-hybridized carbons (Fsp3) is 0.615. The summed E-state index contributed by atoms with van der Waals surface area (Å²) in [5.74, 6) is 0. The van der Waals surface area contributed by atoms with Gasteiger partial charge in [0, 0.05) is 18.2 Å². The largest absolute Gasteiger partial charge is 0.395 e. The van der Waals surface area contributed by atoms with Crippen LogP contribution in [0.25, 0.3) is 0 Å². The molecule has 1 N–H and O–H groups in total. The van der Waals surface area contributed by atoms with Gasteiger partial charge in [-0.15, -0.1) is 0 Å². The van der Waals surface area contributed by atoms with E-state index in [0.717, 1.165) is 25.1 Å². The van der Waals surface area contributed by atoms with E-state index in [1.165, 1.54) is 19.3 Å². The van der Waals surface area contributed by atoms with E-state index in [4.69, 9.17) is 23.2 Å². The summed E-state index contributed by atoms with van der Waals surface area (Å²) in [6.07, 6.45) is 4.65. The van der Waals surface area contributed by atoms with Crippen molar-refractivity contribution in [3.05, 3.63) is 28.0 Å². The van der Waals surface area contributed by atoms with Crippen molar-refractivity contribution in [2.24, 2.45) is 0 Å². The van der Waals surface area contributed by atoms with Crippen LogP contribution in [-0.2, 0) is 6.54 Å². The van der Waals surface area contributed by atoms with Crippen LogP contribution in [0.3, 0.4) is 0 Å². The Balaban J connectivity index is 2.10. The normalized spacial score (nSPS) is 21.8. The molecule has 0 spiro atoms. The van der Waals surface area contributed by atoms with Crippen molar-refractivity contribution in [3.63, 3.8) is 0 Å². The SMILES string of the molecule is OCC1CCCCCN1Cc1ccc(Cl)nc1Cl. The van der Waals surface area contributed by atoms with Gasteiger partial charge in [0.1, 0.15) is 10.3 Å². The molecule has 1 atom stereocenters. The third-order valence-electron chi connectivity index (χ3n) is 3.48. The fourth-order valence-electron chi connectivity index (χ4n) is 2.43. The molecule has 18 heavy (non-hydrogen) atoms. The van der Waals surface area contributed by atoms with Gasteiger partial charge in [0.2, 0.25) is 0 Å².